The lowest BCUT2D eigenvalue weighted by atomic mass is 9.96. The number of aliphatic carboxylic acids is 1. The van der Waals surface area contributed by atoms with Crippen molar-refractivity contribution in [3.05, 3.63) is 0 Å². The summed E-state index contributed by atoms with van der Waals surface area (Å²) in [6.45, 7) is 3.26. The quantitative estimate of drug-likeness (QED) is 0.835. The minimum atomic E-state index is -4.24. The van der Waals surface area contributed by atoms with Gasteiger partial charge in [-0.3, -0.25) is 4.79 Å². The molecule has 0 spiro atoms. The van der Waals surface area contributed by atoms with Crippen LogP contribution in [0.3, 0.4) is 0 Å². The molecule has 0 aromatic rings. The van der Waals surface area contributed by atoms with Crippen molar-refractivity contribution in [2.45, 2.75) is 51.4 Å². The van der Waals surface area contributed by atoms with Crippen LogP contribution in [0.2, 0.25) is 0 Å². The van der Waals surface area contributed by atoms with Gasteiger partial charge in [-0.1, -0.05) is 0 Å². The molecular weight excluding hydrogens is 277 g/mol. The van der Waals surface area contributed by atoms with Crippen LogP contribution in [-0.2, 0) is 4.79 Å². The number of amides is 2. The van der Waals surface area contributed by atoms with Crippen molar-refractivity contribution < 1.29 is 27.9 Å². The van der Waals surface area contributed by atoms with Crippen molar-refractivity contribution >= 4 is 12.0 Å². The second kappa shape index (κ2) is 6.32. The highest BCUT2D eigenvalue weighted by molar-refractivity contribution is 5.76. The van der Waals surface area contributed by atoms with Gasteiger partial charge in [0.05, 0.1) is 6.42 Å². The molecule has 0 radical (unpaired) electrons. The van der Waals surface area contributed by atoms with E-state index in [1.165, 1.54) is 4.90 Å². The van der Waals surface area contributed by atoms with Crippen LogP contribution >= 0.6 is 0 Å². The first-order valence-electron chi connectivity index (χ1n) is 6.46. The maximum Gasteiger partial charge on any atom is 0.389 e. The van der Waals surface area contributed by atoms with E-state index in [-0.39, 0.29) is 19.0 Å². The Kier molecular flexibility index (Phi) is 5.24. The molecule has 2 amide bonds. The summed E-state index contributed by atoms with van der Waals surface area (Å²) >= 11 is 0. The fourth-order valence-electron chi connectivity index (χ4n) is 2.68. The molecular formula is C12H19F3N2O3. The highest BCUT2D eigenvalue weighted by atomic mass is 19.4. The average Bonchev–Trinajstić information content (AvgIpc) is 2.51. The van der Waals surface area contributed by atoms with Crippen molar-refractivity contribution in [2.75, 3.05) is 6.54 Å². The SMILES string of the molecule is C[C@@H]1C(CC(F)(F)F)C[C@H](C)N1C(=O)NCCC(=O)O. The van der Waals surface area contributed by atoms with Gasteiger partial charge in [0.15, 0.2) is 0 Å². The molecule has 0 bridgehead atoms. The third-order valence-electron chi connectivity index (χ3n) is 3.58. The number of urea groups is 1. The lowest BCUT2D eigenvalue weighted by Gasteiger charge is -2.28. The number of carboxylic acids is 1. The molecule has 20 heavy (non-hydrogen) atoms. The molecule has 2 N–H and O–H groups in total. The molecule has 0 aliphatic carbocycles. The number of rotatable bonds is 4. The highest BCUT2D eigenvalue weighted by Gasteiger charge is 2.44. The van der Waals surface area contributed by atoms with E-state index in [1.54, 1.807) is 13.8 Å². The fourth-order valence-corrected chi connectivity index (χ4v) is 2.68. The maximum absolute atomic E-state index is 12.4. The number of alkyl halides is 3. The van der Waals surface area contributed by atoms with Gasteiger partial charge in [0, 0.05) is 25.0 Å². The Morgan fingerprint density at radius 1 is 1.35 bits per heavy atom. The molecule has 5 nitrogen and oxygen atoms in total. The fraction of sp³-hybridized carbons (Fsp3) is 0.833. The Labute approximate surface area is 115 Å². The normalized spacial score (nSPS) is 26.6. The van der Waals surface area contributed by atoms with Crippen LogP contribution < -0.4 is 5.32 Å². The first-order valence-corrected chi connectivity index (χ1v) is 6.46. The van der Waals surface area contributed by atoms with Crippen LogP contribution in [0.15, 0.2) is 0 Å². The summed E-state index contributed by atoms with van der Waals surface area (Å²) in [5.41, 5.74) is 0. The number of hydrogen-bond donors (Lipinski definition) is 2. The van der Waals surface area contributed by atoms with Gasteiger partial charge in [0.1, 0.15) is 0 Å². The minimum Gasteiger partial charge on any atom is -0.481 e. The van der Waals surface area contributed by atoms with Crippen LogP contribution in [0.1, 0.15) is 33.1 Å². The van der Waals surface area contributed by atoms with Crippen LogP contribution in [0.4, 0.5) is 18.0 Å². The standard InChI is InChI=1S/C12H19F3N2O3/c1-7-5-9(6-12(13,14)15)8(2)17(7)11(20)16-4-3-10(18)19/h7-9H,3-6H2,1-2H3,(H,16,20)(H,18,19)/t7-,8+,9?/m0/s1. The maximum atomic E-state index is 12.4. The van der Waals surface area contributed by atoms with Crippen molar-refractivity contribution in [2.24, 2.45) is 5.92 Å². The Bertz CT molecular complexity index is 373. The first-order chi connectivity index (χ1) is 9.11. The van der Waals surface area contributed by atoms with Crippen LogP contribution in [0.5, 0.6) is 0 Å². The van der Waals surface area contributed by atoms with Crippen LogP contribution in [-0.4, -0.2) is 46.8 Å². The third kappa shape index (κ3) is 4.57. The van der Waals surface area contributed by atoms with E-state index in [1.807, 2.05) is 0 Å². The van der Waals surface area contributed by atoms with Crippen molar-refractivity contribution in [1.29, 1.82) is 0 Å². The van der Waals surface area contributed by atoms with Crippen LogP contribution in [0, 0.1) is 5.92 Å². The summed E-state index contributed by atoms with van der Waals surface area (Å²) in [4.78, 5) is 23.6. The van der Waals surface area contributed by atoms with E-state index in [9.17, 15) is 22.8 Å². The predicted molar refractivity (Wildman–Crippen MR) is 65.2 cm³/mol. The van der Waals surface area contributed by atoms with Crippen LogP contribution in [0.25, 0.3) is 0 Å². The van der Waals surface area contributed by atoms with Gasteiger partial charge >= 0.3 is 18.2 Å². The topological polar surface area (TPSA) is 69.6 Å². The largest absolute Gasteiger partial charge is 0.481 e. The lowest BCUT2D eigenvalue weighted by Crippen LogP contribution is -2.46. The monoisotopic (exact) mass is 296 g/mol. The molecule has 1 heterocycles. The molecule has 116 valence electrons. The second-order valence-electron chi connectivity index (χ2n) is 5.19. The summed E-state index contributed by atoms with van der Waals surface area (Å²) in [6.07, 6.45) is -5.06. The van der Waals surface area contributed by atoms with Gasteiger partial charge in [-0.05, 0) is 26.2 Å². The number of halogens is 3. The number of nitrogens with one attached hydrogen (secondary N) is 1. The van der Waals surface area contributed by atoms with Gasteiger partial charge in [0.25, 0.3) is 0 Å². The van der Waals surface area contributed by atoms with E-state index in [2.05, 4.69) is 5.32 Å². The van der Waals surface area contributed by atoms with Gasteiger partial charge in [-0.25, -0.2) is 4.79 Å². The summed E-state index contributed by atoms with van der Waals surface area (Å²) in [6, 6.07) is -1.31. The van der Waals surface area contributed by atoms with E-state index >= 15 is 0 Å². The number of nitrogens with zero attached hydrogens (tertiary/aromatic N) is 1. The summed E-state index contributed by atoms with van der Waals surface area (Å²) in [5, 5.41) is 10.9. The van der Waals surface area contributed by atoms with Crippen molar-refractivity contribution in [3.8, 4) is 0 Å². The number of carbonyl (C=O) groups is 2. The van der Waals surface area contributed by atoms with Gasteiger partial charge in [-0.15, -0.1) is 0 Å². The second-order valence-corrected chi connectivity index (χ2v) is 5.19. The highest BCUT2D eigenvalue weighted by Crippen LogP contribution is 2.37. The third-order valence-corrected chi connectivity index (χ3v) is 3.58. The summed E-state index contributed by atoms with van der Waals surface area (Å²) in [5.74, 6) is -1.65. The molecule has 0 saturated carbocycles. The Hall–Kier alpha value is -1.47. The number of carboxylic acid groups (broad SMARTS) is 1. The minimum absolute atomic E-state index is 0.0337. The summed E-state index contributed by atoms with van der Waals surface area (Å²) in [7, 11) is 0. The van der Waals surface area contributed by atoms with Crippen molar-refractivity contribution in [1.82, 2.24) is 10.2 Å². The van der Waals surface area contributed by atoms with E-state index in [0.29, 0.717) is 6.42 Å². The molecule has 8 heteroatoms. The molecule has 1 rings (SSSR count). The Morgan fingerprint density at radius 2 is 1.95 bits per heavy atom. The molecule has 1 unspecified atom stereocenters. The Morgan fingerprint density at radius 3 is 2.45 bits per heavy atom. The van der Waals surface area contributed by atoms with Gasteiger partial charge < -0.3 is 15.3 Å². The molecule has 1 saturated heterocycles. The van der Waals surface area contributed by atoms with Gasteiger partial charge in [-0.2, -0.15) is 13.2 Å². The van der Waals surface area contributed by atoms with E-state index < -0.39 is 36.6 Å². The zero-order valence-corrected chi connectivity index (χ0v) is 11.4. The number of hydrogen-bond acceptors (Lipinski definition) is 2. The number of carbonyl (C=O) groups excluding carboxylic acids is 1. The number of likely N-dealkylation sites (tertiary alicyclic amines) is 1. The van der Waals surface area contributed by atoms with Crippen molar-refractivity contribution in [3.63, 3.8) is 0 Å². The Balaban J connectivity index is 2.57. The first kappa shape index (κ1) is 16.6. The average molecular weight is 296 g/mol. The summed E-state index contributed by atoms with van der Waals surface area (Å²) < 4.78 is 37.3. The molecule has 3 atom stereocenters. The zero-order valence-electron chi connectivity index (χ0n) is 11.4. The molecule has 1 fully saturated rings. The predicted octanol–water partition coefficient (Wildman–Crippen LogP) is 2.22. The van der Waals surface area contributed by atoms with E-state index in [4.69, 9.17) is 5.11 Å². The molecule has 1 aliphatic rings. The zero-order chi connectivity index (χ0) is 15.5. The smallest absolute Gasteiger partial charge is 0.389 e. The van der Waals surface area contributed by atoms with E-state index in [0.717, 1.165) is 0 Å². The van der Waals surface area contributed by atoms with Gasteiger partial charge in [0.2, 0.25) is 0 Å². The molecule has 0 aromatic heterocycles. The molecule has 1 aliphatic heterocycles. The molecule has 0 aromatic carbocycles. The lowest BCUT2D eigenvalue weighted by molar-refractivity contribution is -0.145.